The molecule has 0 unspecified atom stereocenters. The zero-order chi connectivity index (χ0) is 21.3. The van der Waals surface area contributed by atoms with E-state index in [2.05, 4.69) is 34.9 Å². The fourth-order valence-electron chi connectivity index (χ4n) is 5.40. The fourth-order valence-corrected chi connectivity index (χ4v) is 7.36. The van der Waals surface area contributed by atoms with Crippen LogP contribution < -0.4 is 15.4 Å². The van der Waals surface area contributed by atoms with Gasteiger partial charge < -0.3 is 15.4 Å². The third kappa shape index (κ3) is 4.26. The number of ether oxygens (including phenoxy) is 1. The molecule has 1 saturated carbocycles. The Morgan fingerprint density at radius 2 is 1.84 bits per heavy atom. The van der Waals surface area contributed by atoms with Crippen LogP contribution in [-0.4, -0.2) is 32.9 Å². The summed E-state index contributed by atoms with van der Waals surface area (Å²) in [5, 5.41) is 7.16. The van der Waals surface area contributed by atoms with Gasteiger partial charge in [0.1, 0.15) is 5.75 Å². The van der Waals surface area contributed by atoms with Crippen LogP contribution in [-0.2, 0) is 22.8 Å². The Hall–Kier alpha value is -1.89. The predicted octanol–water partition coefficient (Wildman–Crippen LogP) is 3.92. The van der Waals surface area contributed by atoms with E-state index < -0.39 is 9.84 Å². The van der Waals surface area contributed by atoms with Crippen LogP contribution in [0.2, 0.25) is 0 Å². The first-order chi connectivity index (χ1) is 15.1. The molecule has 0 radical (unpaired) electrons. The van der Waals surface area contributed by atoms with E-state index in [-0.39, 0.29) is 11.3 Å². The van der Waals surface area contributed by atoms with E-state index in [1.54, 1.807) is 0 Å². The Balaban J connectivity index is 1.39. The SMILES string of the molecule is O=S(=O)(c1cc2c(c(CN[C@H]3CCCN[C@H]3c3ccccc3)c1)OCC2)C1CCCC1. The van der Waals surface area contributed by atoms with E-state index in [0.29, 0.717) is 24.1 Å². The molecule has 2 fully saturated rings. The molecule has 5 rings (SSSR count). The lowest BCUT2D eigenvalue weighted by Crippen LogP contribution is -2.45. The van der Waals surface area contributed by atoms with Crippen LogP contribution in [0.25, 0.3) is 0 Å². The standard InChI is InChI=1S/C25H32N2O3S/c28-31(29,21-9-4-5-10-21)22-15-19-12-14-30-25(19)20(16-22)17-27-23-11-6-13-26-24(23)18-7-2-1-3-8-18/h1-3,7-8,15-16,21,23-24,26-27H,4-6,9-14,17H2/t23-,24-/m0/s1. The largest absolute Gasteiger partial charge is 0.493 e. The van der Waals surface area contributed by atoms with Gasteiger partial charge in [0.05, 0.1) is 16.8 Å². The maximum absolute atomic E-state index is 13.3. The smallest absolute Gasteiger partial charge is 0.181 e. The number of fused-ring (bicyclic) bond motifs is 1. The highest BCUT2D eigenvalue weighted by Crippen LogP contribution is 2.36. The molecule has 2 N–H and O–H groups in total. The molecule has 0 spiro atoms. The second kappa shape index (κ2) is 8.93. The molecule has 2 aromatic carbocycles. The van der Waals surface area contributed by atoms with Gasteiger partial charge in [-0.15, -0.1) is 0 Å². The Kier molecular flexibility index (Phi) is 6.04. The molecule has 2 aromatic rings. The number of sulfone groups is 1. The summed E-state index contributed by atoms with van der Waals surface area (Å²) in [6.07, 6.45) is 6.62. The molecule has 0 bridgehead atoms. The van der Waals surface area contributed by atoms with Gasteiger partial charge in [-0.05, 0) is 55.5 Å². The molecular formula is C25H32N2O3S. The van der Waals surface area contributed by atoms with Crippen LogP contribution in [0.3, 0.4) is 0 Å². The number of benzene rings is 2. The molecule has 1 saturated heterocycles. The molecule has 2 atom stereocenters. The lowest BCUT2D eigenvalue weighted by molar-refractivity contribution is 0.301. The van der Waals surface area contributed by atoms with Gasteiger partial charge in [-0.2, -0.15) is 0 Å². The Labute approximate surface area is 185 Å². The van der Waals surface area contributed by atoms with Gasteiger partial charge in [-0.25, -0.2) is 8.42 Å². The predicted molar refractivity (Wildman–Crippen MR) is 122 cm³/mol. The molecule has 166 valence electrons. The first kappa shape index (κ1) is 21.0. The van der Waals surface area contributed by atoms with Gasteiger partial charge in [-0.3, -0.25) is 0 Å². The number of piperidine rings is 1. The highest BCUT2D eigenvalue weighted by molar-refractivity contribution is 7.92. The van der Waals surface area contributed by atoms with Crippen molar-refractivity contribution in [2.24, 2.45) is 0 Å². The third-order valence-corrected chi connectivity index (χ3v) is 9.32. The number of nitrogens with one attached hydrogen (secondary N) is 2. The number of hydrogen-bond acceptors (Lipinski definition) is 5. The minimum absolute atomic E-state index is 0.223. The van der Waals surface area contributed by atoms with Gasteiger partial charge in [0.15, 0.2) is 9.84 Å². The average Bonchev–Trinajstić information content (AvgIpc) is 3.50. The van der Waals surface area contributed by atoms with Crippen LogP contribution >= 0.6 is 0 Å². The lowest BCUT2D eigenvalue weighted by atomic mass is 9.92. The Morgan fingerprint density at radius 3 is 2.65 bits per heavy atom. The molecule has 6 heteroatoms. The van der Waals surface area contributed by atoms with Crippen molar-refractivity contribution < 1.29 is 13.2 Å². The summed E-state index contributed by atoms with van der Waals surface area (Å²) in [7, 11) is -3.28. The molecule has 3 aliphatic rings. The summed E-state index contributed by atoms with van der Waals surface area (Å²) in [6.45, 7) is 2.27. The summed E-state index contributed by atoms with van der Waals surface area (Å²) in [5.74, 6) is 0.887. The van der Waals surface area contributed by atoms with Gasteiger partial charge in [-0.1, -0.05) is 43.2 Å². The average molecular weight is 441 g/mol. The zero-order valence-electron chi connectivity index (χ0n) is 18.0. The summed E-state index contributed by atoms with van der Waals surface area (Å²) in [6, 6.07) is 14.9. The van der Waals surface area contributed by atoms with Gasteiger partial charge >= 0.3 is 0 Å². The molecule has 0 aromatic heterocycles. The van der Waals surface area contributed by atoms with Gasteiger partial charge in [0.25, 0.3) is 0 Å². The molecule has 5 nitrogen and oxygen atoms in total. The maximum atomic E-state index is 13.3. The van der Waals surface area contributed by atoms with Crippen LogP contribution in [0.15, 0.2) is 47.4 Å². The summed E-state index contributed by atoms with van der Waals surface area (Å²) >= 11 is 0. The second-order valence-electron chi connectivity index (χ2n) is 9.09. The normalized spacial score (nSPS) is 24.1. The zero-order valence-corrected chi connectivity index (χ0v) is 18.8. The van der Waals surface area contributed by atoms with Crippen molar-refractivity contribution in [2.75, 3.05) is 13.2 Å². The maximum Gasteiger partial charge on any atom is 0.181 e. The van der Waals surface area contributed by atoms with E-state index in [1.807, 2.05) is 18.2 Å². The number of hydrogen-bond donors (Lipinski definition) is 2. The third-order valence-electron chi connectivity index (χ3n) is 7.08. The van der Waals surface area contributed by atoms with E-state index >= 15 is 0 Å². The molecule has 2 aliphatic heterocycles. The van der Waals surface area contributed by atoms with Crippen LogP contribution in [0.1, 0.15) is 61.3 Å². The quantitative estimate of drug-likeness (QED) is 0.713. The minimum atomic E-state index is -3.28. The topological polar surface area (TPSA) is 67.4 Å². The van der Waals surface area contributed by atoms with E-state index in [1.165, 1.54) is 5.56 Å². The van der Waals surface area contributed by atoms with Crippen LogP contribution in [0.4, 0.5) is 0 Å². The first-order valence-electron chi connectivity index (χ1n) is 11.7. The Morgan fingerprint density at radius 1 is 1.03 bits per heavy atom. The lowest BCUT2D eigenvalue weighted by Gasteiger charge is -2.34. The van der Waals surface area contributed by atoms with E-state index in [9.17, 15) is 8.42 Å². The molecule has 2 heterocycles. The second-order valence-corrected chi connectivity index (χ2v) is 11.3. The molecule has 31 heavy (non-hydrogen) atoms. The molecule has 0 amide bonds. The molecular weight excluding hydrogens is 408 g/mol. The van der Waals surface area contributed by atoms with Crippen molar-refractivity contribution in [3.8, 4) is 5.75 Å². The van der Waals surface area contributed by atoms with Crippen LogP contribution in [0, 0.1) is 0 Å². The van der Waals surface area contributed by atoms with E-state index in [4.69, 9.17) is 4.74 Å². The number of rotatable bonds is 6. The Bertz CT molecular complexity index is 1020. The van der Waals surface area contributed by atoms with E-state index in [0.717, 1.165) is 68.4 Å². The van der Waals surface area contributed by atoms with Crippen molar-refractivity contribution in [1.82, 2.24) is 10.6 Å². The summed E-state index contributed by atoms with van der Waals surface area (Å²) in [5.41, 5.74) is 3.31. The highest BCUT2D eigenvalue weighted by atomic mass is 32.2. The van der Waals surface area contributed by atoms with Crippen LogP contribution in [0.5, 0.6) is 5.75 Å². The van der Waals surface area contributed by atoms with Crippen molar-refractivity contribution in [1.29, 1.82) is 0 Å². The minimum Gasteiger partial charge on any atom is -0.493 e. The van der Waals surface area contributed by atoms with Gasteiger partial charge in [0.2, 0.25) is 0 Å². The summed E-state index contributed by atoms with van der Waals surface area (Å²) < 4.78 is 32.4. The van der Waals surface area contributed by atoms with Gasteiger partial charge in [0, 0.05) is 30.6 Å². The van der Waals surface area contributed by atoms with Crippen molar-refractivity contribution in [2.45, 2.75) is 73.7 Å². The summed E-state index contributed by atoms with van der Waals surface area (Å²) in [4.78, 5) is 0.488. The monoisotopic (exact) mass is 440 g/mol. The fraction of sp³-hybridized carbons (Fsp3) is 0.520. The molecule has 1 aliphatic carbocycles. The van der Waals surface area contributed by atoms with Crippen molar-refractivity contribution in [3.63, 3.8) is 0 Å². The van der Waals surface area contributed by atoms with Crippen molar-refractivity contribution in [3.05, 3.63) is 59.2 Å². The van der Waals surface area contributed by atoms with Crippen molar-refractivity contribution >= 4 is 9.84 Å². The highest BCUT2D eigenvalue weighted by Gasteiger charge is 2.33. The first-order valence-corrected chi connectivity index (χ1v) is 13.2.